The summed E-state index contributed by atoms with van der Waals surface area (Å²) in [5.74, 6) is -0.372. The van der Waals surface area contributed by atoms with Crippen LogP contribution >= 0.6 is 0 Å². The van der Waals surface area contributed by atoms with Crippen molar-refractivity contribution in [2.75, 3.05) is 5.32 Å². The molecule has 0 amide bonds. The van der Waals surface area contributed by atoms with Crippen LogP contribution in [0.2, 0.25) is 0 Å². The molecule has 0 radical (unpaired) electrons. The highest BCUT2D eigenvalue weighted by Gasteiger charge is 2.13. The van der Waals surface area contributed by atoms with Gasteiger partial charge in [0.1, 0.15) is 12.0 Å². The number of hydrogen-bond donors (Lipinski definition) is 2. The Morgan fingerprint density at radius 3 is 2.57 bits per heavy atom. The molecule has 1 atom stereocenters. The standard InChI is InChI=1S/C16H17N3O4/c20-16(21)9-6-13(10-12-4-2-1-3-5-12)18-15-8-7-14(11-17-15)19(22)23/h1-5,7-8,11,13H,6,9-10H2,(H,17,18)(H,20,21). The van der Waals surface area contributed by atoms with Crippen LogP contribution in [-0.2, 0) is 11.2 Å². The number of pyridine rings is 1. The molecule has 0 bridgehead atoms. The number of anilines is 1. The summed E-state index contributed by atoms with van der Waals surface area (Å²) in [4.78, 5) is 24.9. The highest BCUT2D eigenvalue weighted by atomic mass is 16.6. The van der Waals surface area contributed by atoms with E-state index in [1.165, 1.54) is 18.3 Å². The third-order valence-corrected chi connectivity index (χ3v) is 3.34. The van der Waals surface area contributed by atoms with Crippen LogP contribution in [0.4, 0.5) is 11.5 Å². The van der Waals surface area contributed by atoms with Gasteiger partial charge in [-0.25, -0.2) is 4.98 Å². The number of rotatable bonds is 8. The Morgan fingerprint density at radius 2 is 2.00 bits per heavy atom. The molecule has 1 aromatic carbocycles. The number of carboxylic acids is 1. The molecule has 0 saturated carbocycles. The maximum atomic E-state index is 10.8. The van der Waals surface area contributed by atoms with Crippen LogP contribution in [-0.4, -0.2) is 27.0 Å². The van der Waals surface area contributed by atoms with Gasteiger partial charge in [0.05, 0.1) is 4.92 Å². The largest absolute Gasteiger partial charge is 0.481 e. The Morgan fingerprint density at radius 1 is 1.26 bits per heavy atom. The van der Waals surface area contributed by atoms with Crippen molar-refractivity contribution < 1.29 is 14.8 Å². The summed E-state index contributed by atoms with van der Waals surface area (Å²) >= 11 is 0. The van der Waals surface area contributed by atoms with Gasteiger partial charge in [-0.1, -0.05) is 30.3 Å². The second kappa shape index (κ2) is 7.88. The quantitative estimate of drug-likeness (QED) is 0.573. The fraction of sp³-hybridized carbons (Fsp3) is 0.250. The zero-order valence-corrected chi connectivity index (χ0v) is 12.4. The summed E-state index contributed by atoms with van der Waals surface area (Å²) in [6.45, 7) is 0. The van der Waals surface area contributed by atoms with Gasteiger partial charge < -0.3 is 10.4 Å². The molecule has 1 heterocycles. The topological polar surface area (TPSA) is 105 Å². The molecule has 0 spiro atoms. The Bertz CT molecular complexity index is 659. The first-order chi connectivity index (χ1) is 11.0. The van der Waals surface area contributed by atoms with Crippen LogP contribution in [0.1, 0.15) is 18.4 Å². The summed E-state index contributed by atoms with van der Waals surface area (Å²) in [5.41, 5.74) is 0.998. The first kappa shape index (κ1) is 16.4. The lowest BCUT2D eigenvalue weighted by molar-refractivity contribution is -0.385. The summed E-state index contributed by atoms with van der Waals surface area (Å²) in [6, 6.07) is 12.5. The minimum atomic E-state index is -0.860. The molecule has 0 aliphatic rings. The van der Waals surface area contributed by atoms with Crippen molar-refractivity contribution in [3.05, 3.63) is 64.3 Å². The Hall–Kier alpha value is -2.96. The van der Waals surface area contributed by atoms with Gasteiger partial charge in [0.25, 0.3) is 5.69 Å². The lowest BCUT2D eigenvalue weighted by Crippen LogP contribution is -2.24. The maximum Gasteiger partial charge on any atom is 0.303 e. The highest BCUT2D eigenvalue weighted by molar-refractivity contribution is 5.66. The fourth-order valence-corrected chi connectivity index (χ4v) is 2.21. The molecular weight excluding hydrogens is 298 g/mol. The molecule has 23 heavy (non-hydrogen) atoms. The molecule has 0 aliphatic carbocycles. The molecule has 1 unspecified atom stereocenters. The number of aromatic nitrogens is 1. The van der Waals surface area contributed by atoms with E-state index in [9.17, 15) is 14.9 Å². The first-order valence-corrected chi connectivity index (χ1v) is 7.17. The summed E-state index contributed by atoms with van der Waals surface area (Å²) in [7, 11) is 0. The zero-order valence-electron chi connectivity index (χ0n) is 12.4. The summed E-state index contributed by atoms with van der Waals surface area (Å²) in [5, 5.41) is 22.7. The lowest BCUT2D eigenvalue weighted by atomic mass is 10.0. The summed E-state index contributed by atoms with van der Waals surface area (Å²) in [6.07, 6.45) is 2.30. The van der Waals surface area contributed by atoms with Gasteiger partial charge in [-0.15, -0.1) is 0 Å². The van der Waals surface area contributed by atoms with Crippen LogP contribution in [0.5, 0.6) is 0 Å². The minimum absolute atomic E-state index is 0.0392. The molecular formula is C16H17N3O4. The van der Waals surface area contributed by atoms with Gasteiger partial charge >= 0.3 is 5.97 Å². The average molecular weight is 315 g/mol. The van der Waals surface area contributed by atoms with E-state index in [-0.39, 0.29) is 18.2 Å². The number of benzene rings is 1. The molecule has 120 valence electrons. The van der Waals surface area contributed by atoms with Crippen molar-refractivity contribution in [2.24, 2.45) is 0 Å². The molecule has 0 saturated heterocycles. The van der Waals surface area contributed by atoms with Gasteiger partial charge in [0.2, 0.25) is 0 Å². The molecule has 2 N–H and O–H groups in total. The van der Waals surface area contributed by atoms with Gasteiger partial charge in [-0.2, -0.15) is 0 Å². The summed E-state index contributed by atoms with van der Waals surface area (Å²) < 4.78 is 0. The van der Waals surface area contributed by atoms with Crippen molar-refractivity contribution in [1.29, 1.82) is 0 Å². The van der Waals surface area contributed by atoms with E-state index >= 15 is 0 Å². The Balaban J connectivity index is 2.06. The Labute approximate surface area is 133 Å². The van der Waals surface area contributed by atoms with E-state index in [4.69, 9.17) is 5.11 Å². The van der Waals surface area contributed by atoms with Gasteiger partial charge in [-0.05, 0) is 24.5 Å². The monoisotopic (exact) mass is 315 g/mol. The van der Waals surface area contributed by atoms with Crippen molar-refractivity contribution in [1.82, 2.24) is 4.98 Å². The molecule has 2 rings (SSSR count). The average Bonchev–Trinajstić information content (AvgIpc) is 2.54. The smallest absolute Gasteiger partial charge is 0.303 e. The van der Waals surface area contributed by atoms with E-state index in [0.29, 0.717) is 18.7 Å². The number of hydrogen-bond acceptors (Lipinski definition) is 5. The number of nitro groups is 1. The molecule has 0 aliphatic heterocycles. The van der Waals surface area contributed by atoms with Gasteiger partial charge in [0, 0.05) is 18.5 Å². The second-order valence-electron chi connectivity index (χ2n) is 5.12. The van der Waals surface area contributed by atoms with E-state index in [1.54, 1.807) is 0 Å². The van der Waals surface area contributed by atoms with Gasteiger partial charge in [0.15, 0.2) is 0 Å². The fourth-order valence-electron chi connectivity index (χ4n) is 2.21. The minimum Gasteiger partial charge on any atom is -0.481 e. The van der Waals surface area contributed by atoms with Crippen LogP contribution in [0.3, 0.4) is 0 Å². The third-order valence-electron chi connectivity index (χ3n) is 3.34. The van der Waals surface area contributed by atoms with E-state index in [0.717, 1.165) is 5.56 Å². The van der Waals surface area contributed by atoms with Crippen molar-refractivity contribution in [3.8, 4) is 0 Å². The SMILES string of the molecule is O=C(O)CCC(Cc1ccccc1)Nc1ccc([N+](=O)[O-])cn1. The number of carbonyl (C=O) groups is 1. The van der Waals surface area contributed by atoms with E-state index in [1.807, 2.05) is 30.3 Å². The van der Waals surface area contributed by atoms with Crippen LogP contribution < -0.4 is 5.32 Å². The Kier molecular flexibility index (Phi) is 5.62. The zero-order chi connectivity index (χ0) is 16.7. The van der Waals surface area contributed by atoms with Gasteiger partial charge in [-0.3, -0.25) is 14.9 Å². The second-order valence-corrected chi connectivity index (χ2v) is 5.12. The molecule has 7 heteroatoms. The molecule has 0 fully saturated rings. The number of aliphatic carboxylic acids is 1. The molecule has 2 aromatic rings. The van der Waals surface area contributed by atoms with Crippen molar-refractivity contribution >= 4 is 17.5 Å². The maximum absolute atomic E-state index is 10.8. The normalized spacial score (nSPS) is 11.7. The van der Waals surface area contributed by atoms with E-state index < -0.39 is 10.9 Å². The molecule has 1 aromatic heterocycles. The highest BCUT2D eigenvalue weighted by Crippen LogP contribution is 2.16. The van der Waals surface area contributed by atoms with E-state index in [2.05, 4.69) is 10.3 Å². The van der Waals surface area contributed by atoms with Crippen LogP contribution in [0.15, 0.2) is 48.7 Å². The third kappa shape index (κ3) is 5.39. The predicted molar refractivity (Wildman–Crippen MR) is 85.3 cm³/mol. The predicted octanol–water partition coefficient (Wildman–Crippen LogP) is 2.88. The number of nitrogens with zero attached hydrogens (tertiary/aromatic N) is 2. The number of nitrogens with one attached hydrogen (secondary N) is 1. The van der Waals surface area contributed by atoms with Crippen LogP contribution in [0.25, 0.3) is 0 Å². The van der Waals surface area contributed by atoms with Crippen LogP contribution in [0, 0.1) is 10.1 Å². The number of carboxylic acid groups (broad SMARTS) is 1. The lowest BCUT2D eigenvalue weighted by Gasteiger charge is -2.18. The van der Waals surface area contributed by atoms with Crippen molar-refractivity contribution in [2.45, 2.75) is 25.3 Å². The first-order valence-electron chi connectivity index (χ1n) is 7.17. The van der Waals surface area contributed by atoms with Crippen molar-refractivity contribution in [3.63, 3.8) is 0 Å². The molecule has 7 nitrogen and oxygen atoms in total.